The second kappa shape index (κ2) is 9.62. The average molecular weight is 471 g/mol. The SMILES string of the molecule is O=C(NC1CCC(C(=O)Nc2ccc(C(=O)O)cc2)C1)OCC1c2ccccc2-c2ccccc21. The highest BCUT2D eigenvalue weighted by Crippen LogP contribution is 2.44. The Kier molecular flexibility index (Phi) is 6.23. The Hall–Kier alpha value is -4.13. The number of hydrogen-bond acceptors (Lipinski definition) is 4. The van der Waals surface area contributed by atoms with Gasteiger partial charge in [-0.2, -0.15) is 0 Å². The molecule has 0 radical (unpaired) electrons. The molecule has 7 heteroatoms. The Morgan fingerprint density at radius 2 is 1.49 bits per heavy atom. The van der Waals surface area contributed by atoms with Gasteiger partial charge in [0.15, 0.2) is 0 Å². The summed E-state index contributed by atoms with van der Waals surface area (Å²) in [5, 5.41) is 14.7. The van der Waals surface area contributed by atoms with Crippen molar-refractivity contribution in [2.24, 2.45) is 5.92 Å². The van der Waals surface area contributed by atoms with Crippen molar-refractivity contribution in [2.75, 3.05) is 11.9 Å². The first-order valence-electron chi connectivity index (χ1n) is 11.8. The molecule has 1 saturated carbocycles. The van der Waals surface area contributed by atoms with Crippen LogP contribution in [0.25, 0.3) is 11.1 Å². The molecule has 35 heavy (non-hydrogen) atoms. The van der Waals surface area contributed by atoms with E-state index in [4.69, 9.17) is 9.84 Å². The van der Waals surface area contributed by atoms with Gasteiger partial charge in [-0.15, -0.1) is 0 Å². The quantitative estimate of drug-likeness (QED) is 0.469. The normalized spacial score (nSPS) is 18.4. The number of benzene rings is 3. The fraction of sp³-hybridized carbons (Fsp3) is 0.250. The lowest BCUT2D eigenvalue weighted by Gasteiger charge is -2.17. The van der Waals surface area contributed by atoms with Gasteiger partial charge in [0.2, 0.25) is 5.91 Å². The van der Waals surface area contributed by atoms with E-state index in [9.17, 15) is 14.4 Å². The number of carboxylic acids is 1. The predicted molar refractivity (Wildman–Crippen MR) is 131 cm³/mol. The topological polar surface area (TPSA) is 105 Å². The zero-order valence-corrected chi connectivity index (χ0v) is 19.1. The second-order valence-electron chi connectivity index (χ2n) is 9.05. The highest BCUT2D eigenvalue weighted by Gasteiger charge is 2.32. The molecule has 2 aliphatic carbocycles. The van der Waals surface area contributed by atoms with Crippen molar-refractivity contribution in [3.8, 4) is 11.1 Å². The van der Waals surface area contributed by atoms with E-state index < -0.39 is 12.1 Å². The maximum Gasteiger partial charge on any atom is 0.407 e. The maximum atomic E-state index is 12.6. The summed E-state index contributed by atoms with van der Waals surface area (Å²) in [5.41, 5.74) is 5.40. The van der Waals surface area contributed by atoms with Crippen molar-refractivity contribution in [3.63, 3.8) is 0 Å². The highest BCUT2D eigenvalue weighted by molar-refractivity contribution is 5.94. The number of anilines is 1. The number of fused-ring (bicyclic) bond motifs is 3. The van der Waals surface area contributed by atoms with Gasteiger partial charge < -0.3 is 20.5 Å². The van der Waals surface area contributed by atoms with Crippen LogP contribution in [0, 0.1) is 5.92 Å². The van der Waals surface area contributed by atoms with Crippen LogP contribution < -0.4 is 10.6 Å². The van der Waals surface area contributed by atoms with Gasteiger partial charge in [0.05, 0.1) is 5.56 Å². The molecular weight excluding hydrogens is 444 g/mol. The molecule has 2 aliphatic rings. The van der Waals surface area contributed by atoms with Gasteiger partial charge in [-0.3, -0.25) is 4.79 Å². The second-order valence-corrected chi connectivity index (χ2v) is 9.05. The van der Waals surface area contributed by atoms with E-state index in [1.807, 2.05) is 24.3 Å². The summed E-state index contributed by atoms with van der Waals surface area (Å²) in [6.07, 6.45) is 1.42. The molecule has 1 fully saturated rings. The van der Waals surface area contributed by atoms with Crippen molar-refractivity contribution in [2.45, 2.75) is 31.2 Å². The van der Waals surface area contributed by atoms with Gasteiger partial charge in [0.25, 0.3) is 0 Å². The molecule has 5 rings (SSSR count). The molecule has 2 atom stereocenters. The smallest absolute Gasteiger partial charge is 0.407 e. The monoisotopic (exact) mass is 470 g/mol. The molecule has 0 spiro atoms. The zero-order chi connectivity index (χ0) is 24.4. The van der Waals surface area contributed by atoms with Crippen LogP contribution in [0.1, 0.15) is 46.7 Å². The Morgan fingerprint density at radius 3 is 2.11 bits per heavy atom. The molecule has 7 nitrogen and oxygen atoms in total. The summed E-state index contributed by atoms with van der Waals surface area (Å²) in [6.45, 7) is 0.253. The molecule has 0 saturated heterocycles. The summed E-state index contributed by atoms with van der Waals surface area (Å²) in [6, 6.07) is 22.3. The van der Waals surface area contributed by atoms with Crippen LogP contribution >= 0.6 is 0 Å². The first-order chi connectivity index (χ1) is 17.0. The standard InChI is InChI=1S/C28H26N2O5/c31-26(29-19-12-9-17(10-13-19)27(32)33)18-11-14-20(15-18)30-28(34)35-16-25-23-7-3-1-5-21(23)22-6-2-4-8-24(22)25/h1-10,12-13,18,20,25H,11,14-16H2,(H,29,31)(H,30,34)(H,32,33). The minimum Gasteiger partial charge on any atom is -0.478 e. The molecule has 2 amide bonds. The Balaban J connectivity index is 1.13. The average Bonchev–Trinajstić information content (AvgIpc) is 3.46. The molecule has 3 aromatic rings. The number of amides is 2. The number of hydrogen-bond donors (Lipinski definition) is 3. The lowest BCUT2D eigenvalue weighted by atomic mass is 9.98. The molecular formula is C28H26N2O5. The van der Waals surface area contributed by atoms with E-state index in [2.05, 4.69) is 34.9 Å². The number of nitrogens with one attached hydrogen (secondary N) is 2. The minimum absolute atomic E-state index is 0.00256. The minimum atomic E-state index is -1.01. The summed E-state index contributed by atoms with van der Waals surface area (Å²) < 4.78 is 5.62. The lowest BCUT2D eigenvalue weighted by molar-refractivity contribution is -0.119. The first-order valence-corrected chi connectivity index (χ1v) is 11.8. The number of rotatable bonds is 6. The number of carboxylic acid groups (broad SMARTS) is 1. The number of aromatic carboxylic acids is 1. The molecule has 3 N–H and O–H groups in total. The van der Waals surface area contributed by atoms with Crippen LogP contribution in [0.2, 0.25) is 0 Å². The summed E-state index contributed by atoms with van der Waals surface area (Å²) in [4.78, 5) is 36.1. The number of alkyl carbamates (subject to hydrolysis) is 1. The molecule has 0 aliphatic heterocycles. The van der Waals surface area contributed by atoms with E-state index in [-0.39, 0.29) is 36.0 Å². The Morgan fingerprint density at radius 1 is 0.857 bits per heavy atom. The van der Waals surface area contributed by atoms with Gasteiger partial charge >= 0.3 is 12.1 Å². The van der Waals surface area contributed by atoms with Crippen LogP contribution in [-0.4, -0.2) is 35.7 Å². The van der Waals surface area contributed by atoms with E-state index >= 15 is 0 Å². The Labute approximate surface area is 203 Å². The molecule has 178 valence electrons. The third-order valence-electron chi connectivity index (χ3n) is 6.87. The molecule has 3 aromatic carbocycles. The van der Waals surface area contributed by atoms with Crippen molar-refractivity contribution in [1.82, 2.24) is 5.32 Å². The fourth-order valence-electron chi connectivity index (χ4n) is 5.10. The van der Waals surface area contributed by atoms with Gasteiger partial charge in [0, 0.05) is 23.6 Å². The largest absolute Gasteiger partial charge is 0.478 e. The van der Waals surface area contributed by atoms with E-state index in [0.717, 1.165) is 11.1 Å². The van der Waals surface area contributed by atoms with Crippen LogP contribution in [0.15, 0.2) is 72.8 Å². The third kappa shape index (κ3) is 4.75. The first kappa shape index (κ1) is 22.7. The van der Waals surface area contributed by atoms with Crippen molar-refractivity contribution in [3.05, 3.63) is 89.5 Å². The predicted octanol–water partition coefficient (Wildman–Crippen LogP) is 5.03. The van der Waals surface area contributed by atoms with E-state index in [1.54, 1.807) is 12.1 Å². The van der Waals surface area contributed by atoms with Crippen LogP contribution in [0.4, 0.5) is 10.5 Å². The number of carbonyl (C=O) groups is 3. The number of carbonyl (C=O) groups excluding carboxylic acids is 2. The molecule has 0 aromatic heterocycles. The van der Waals surface area contributed by atoms with Crippen LogP contribution in [0.5, 0.6) is 0 Å². The van der Waals surface area contributed by atoms with Crippen molar-refractivity contribution in [1.29, 1.82) is 0 Å². The van der Waals surface area contributed by atoms with E-state index in [1.165, 1.54) is 23.3 Å². The lowest BCUT2D eigenvalue weighted by Crippen LogP contribution is -2.35. The van der Waals surface area contributed by atoms with Crippen molar-refractivity contribution < 1.29 is 24.2 Å². The molecule has 2 unspecified atom stereocenters. The van der Waals surface area contributed by atoms with Crippen LogP contribution in [-0.2, 0) is 9.53 Å². The van der Waals surface area contributed by atoms with Crippen molar-refractivity contribution >= 4 is 23.7 Å². The third-order valence-corrected chi connectivity index (χ3v) is 6.87. The highest BCUT2D eigenvalue weighted by atomic mass is 16.5. The van der Waals surface area contributed by atoms with Gasteiger partial charge in [-0.05, 0) is 65.8 Å². The van der Waals surface area contributed by atoms with E-state index in [0.29, 0.717) is 24.9 Å². The Bertz CT molecular complexity index is 1220. The fourth-order valence-corrected chi connectivity index (χ4v) is 5.10. The van der Waals surface area contributed by atoms with Crippen LogP contribution in [0.3, 0.4) is 0 Å². The zero-order valence-electron chi connectivity index (χ0n) is 19.1. The summed E-state index contributed by atoms with van der Waals surface area (Å²) >= 11 is 0. The molecule has 0 bridgehead atoms. The molecule has 0 heterocycles. The summed E-state index contributed by atoms with van der Waals surface area (Å²) in [7, 11) is 0. The van der Waals surface area contributed by atoms with Gasteiger partial charge in [-0.25, -0.2) is 9.59 Å². The van der Waals surface area contributed by atoms with Gasteiger partial charge in [-0.1, -0.05) is 48.5 Å². The maximum absolute atomic E-state index is 12.6. The van der Waals surface area contributed by atoms with Gasteiger partial charge in [0.1, 0.15) is 6.61 Å². The summed E-state index contributed by atoms with van der Waals surface area (Å²) in [5.74, 6) is -1.37. The number of ether oxygens (including phenoxy) is 1.